The highest BCUT2D eigenvalue weighted by Gasteiger charge is 2.15. The predicted molar refractivity (Wildman–Crippen MR) is 65.7 cm³/mol. The van der Waals surface area contributed by atoms with Gasteiger partial charge in [-0.3, -0.25) is 9.69 Å². The Morgan fingerprint density at radius 1 is 1.50 bits per heavy atom. The first-order chi connectivity index (χ1) is 7.54. The fourth-order valence-electron chi connectivity index (χ4n) is 1.75. The van der Waals surface area contributed by atoms with Crippen LogP contribution in [0.2, 0.25) is 0 Å². The fourth-order valence-corrected chi connectivity index (χ4v) is 1.75. The summed E-state index contributed by atoms with van der Waals surface area (Å²) in [5, 5.41) is 0. The molecule has 0 aliphatic carbocycles. The highest BCUT2D eigenvalue weighted by Crippen LogP contribution is 2.21. The first-order valence-electron chi connectivity index (χ1n) is 5.42. The third-order valence-electron chi connectivity index (χ3n) is 2.71. The second-order valence-electron chi connectivity index (χ2n) is 3.88. The van der Waals surface area contributed by atoms with E-state index in [2.05, 4.69) is 0 Å². The zero-order valence-corrected chi connectivity index (χ0v) is 9.81. The van der Waals surface area contributed by atoms with E-state index in [1.165, 1.54) is 0 Å². The van der Waals surface area contributed by atoms with Crippen LogP contribution >= 0.6 is 0 Å². The number of primary amides is 1. The molecular formula is C12H19N3O. The number of nitrogen functional groups attached to an aromatic ring is 1. The van der Waals surface area contributed by atoms with E-state index >= 15 is 0 Å². The largest absolute Gasteiger partial charge is 0.399 e. The van der Waals surface area contributed by atoms with Gasteiger partial charge in [0.2, 0.25) is 5.91 Å². The Labute approximate surface area is 96.2 Å². The molecule has 0 saturated heterocycles. The maximum Gasteiger partial charge on any atom is 0.231 e. The van der Waals surface area contributed by atoms with Gasteiger partial charge in [0, 0.05) is 11.7 Å². The Morgan fingerprint density at radius 2 is 2.19 bits per heavy atom. The quantitative estimate of drug-likeness (QED) is 0.732. The van der Waals surface area contributed by atoms with Crippen molar-refractivity contribution in [3.63, 3.8) is 0 Å². The summed E-state index contributed by atoms with van der Waals surface area (Å²) in [5.41, 5.74) is 12.8. The van der Waals surface area contributed by atoms with Gasteiger partial charge in [-0.25, -0.2) is 0 Å². The molecule has 0 heterocycles. The summed E-state index contributed by atoms with van der Waals surface area (Å²) < 4.78 is 0. The van der Waals surface area contributed by atoms with Gasteiger partial charge in [0.25, 0.3) is 0 Å². The summed E-state index contributed by atoms with van der Waals surface area (Å²) >= 11 is 0. The topological polar surface area (TPSA) is 72.3 Å². The van der Waals surface area contributed by atoms with Crippen LogP contribution in [0, 0.1) is 0 Å². The van der Waals surface area contributed by atoms with Gasteiger partial charge in [-0.2, -0.15) is 0 Å². The van der Waals surface area contributed by atoms with E-state index in [1.807, 2.05) is 43.0 Å². The number of nitrogens with two attached hydrogens (primary N) is 2. The molecule has 0 fully saturated rings. The Hall–Kier alpha value is -1.55. The number of hydrogen-bond acceptors (Lipinski definition) is 3. The van der Waals surface area contributed by atoms with Gasteiger partial charge >= 0.3 is 0 Å². The van der Waals surface area contributed by atoms with Crippen LogP contribution in [-0.2, 0) is 4.79 Å². The second-order valence-corrected chi connectivity index (χ2v) is 3.88. The van der Waals surface area contributed by atoms with Crippen molar-refractivity contribution in [1.29, 1.82) is 0 Å². The van der Waals surface area contributed by atoms with Crippen LogP contribution in [0.25, 0.3) is 0 Å². The molecule has 1 amide bonds. The van der Waals surface area contributed by atoms with Crippen LogP contribution in [0.1, 0.15) is 25.5 Å². The van der Waals surface area contributed by atoms with E-state index in [0.717, 1.165) is 17.8 Å². The van der Waals surface area contributed by atoms with Crippen molar-refractivity contribution in [1.82, 2.24) is 4.90 Å². The fraction of sp³-hybridized carbons (Fsp3) is 0.417. The van der Waals surface area contributed by atoms with Crippen LogP contribution in [0.4, 0.5) is 5.69 Å². The van der Waals surface area contributed by atoms with E-state index in [9.17, 15) is 4.79 Å². The maximum absolute atomic E-state index is 10.9. The standard InChI is InChI=1S/C12H19N3O/c1-3-15(8-12(14)16)9(2)10-5-4-6-11(13)7-10/h4-7,9H,3,8,13H2,1-2H3,(H2,14,16). The third-order valence-corrected chi connectivity index (χ3v) is 2.71. The molecule has 88 valence electrons. The molecule has 1 unspecified atom stereocenters. The summed E-state index contributed by atoms with van der Waals surface area (Å²) in [6.45, 7) is 5.10. The number of hydrogen-bond donors (Lipinski definition) is 2. The van der Waals surface area contributed by atoms with Crippen molar-refractivity contribution in [3.8, 4) is 0 Å². The van der Waals surface area contributed by atoms with Gasteiger partial charge < -0.3 is 11.5 Å². The minimum absolute atomic E-state index is 0.140. The molecule has 1 atom stereocenters. The molecule has 0 bridgehead atoms. The number of benzene rings is 1. The average molecular weight is 221 g/mol. The van der Waals surface area contributed by atoms with Crippen molar-refractivity contribution in [2.45, 2.75) is 19.9 Å². The van der Waals surface area contributed by atoms with Crippen molar-refractivity contribution in [3.05, 3.63) is 29.8 Å². The number of rotatable bonds is 5. The summed E-state index contributed by atoms with van der Waals surface area (Å²) in [6.07, 6.45) is 0. The van der Waals surface area contributed by atoms with E-state index < -0.39 is 0 Å². The van der Waals surface area contributed by atoms with Crippen molar-refractivity contribution in [2.75, 3.05) is 18.8 Å². The van der Waals surface area contributed by atoms with E-state index in [0.29, 0.717) is 0 Å². The molecule has 0 aromatic heterocycles. The minimum atomic E-state index is -0.308. The lowest BCUT2D eigenvalue weighted by atomic mass is 10.1. The highest BCUT2D eigenvalue weighted by molar-refractivity contribution is 5.76. The third kappa shape index (κ3) is 3.24. The molecule has 0 aliphatic heterocycles. The molecule has 1 rings (SSSR count). The Morgan fingerprint density at radius 3 is 2.69 bits per heavy atom. The van der Waals surface area contributed by atoms with Gasteiger partial charge in [-0.15, -0.1) is 0 Å². The lowest BCUT2D eigenvalue weighted by Gasteiger charge is -2.26. The number of carbonyl (C=O) groups excluding carboxylic acids is 1. The number of amides is 1. The van der Waals surface area contributed by atoms with Crippen LogP contribution in [0.3, 0.4) is 0 Å². The van der Waals surface area contributed by atoms with E-state index in [-0.39, 0.29) is 18.5 Å². The normalized spacial score (nSPS) is 12.7. The maximum atomic E-state index is 10.9. The van der Waals surface area contributed by atoms with Crippen molar-refractivity contribution in [2.24, 2.45) is 5.73 Å². The van der Waals surface area contributed by atoms with Crippen molar-refractivity contribution < 1.29 is 4.79 Å². The number of carbonyl (C=O) groups is 1. The molecule has 0 spiro atoms. The predicted octanol–water partition coefficient (Wildman–Crippen LogP) is 1.14. The zero-order valence-electron chi connectivity index (χ0n) is 9.81. The van der Waals surface area contributed by atoms with Crippen LogP contribution in [0.5, 0.6) is 0 Å². The molecule has 0 saturated carbocycles. The summed E-state index contributed by atoms with van der Waals surface area (Å²) in [6, 6.07) is 7.83. The van der Waals surface area contributed by atoms with E-state index in [4.69, 9.17) is 11.5 Å². The Bertz CT molecular complexity index is 365. The SMILES string of the molecule is CCN(CC(N)=O)C(C)c1cccc(N)c1. The number of anilines is 1. The first kappa shape index (κ1) is 12.5. The highest BCUT2D eigenvalue weighted by atomic mass is 16.1. The number of nitrogens with zero attached hydrogens (tertiary/aromatic N) is 1. The molecule has 4 heteroatoms. The van der Waals surface area contributed by atoms with E-state index in [1.54, 1.807) is 0 Å². The van der Waals surface area contributed by atoms with Gasteiger partial charge in [-0.1, -0.05) is 19.1 Å². The summed E-state index contributed by atoms with van der Waals surface area (Å²) in [7, 11) is 0. The molecule has 16 heavy (non-hydrogen) atoms. The molecule has 4 nitrogen and oxygen atoms in total. The average Bonchev–Trinajstić information content (AvgIpc) is 2.24. The molecule has 1 aromatic carbocycles. The Balaban J connectivity index is 2.82. The van der Waals surface area contributed by atoms with Crippen LogP contribution < -0.4 is 11.5 Å². The number of likely N-dealkylation sites (N-methyl/N-ethyl adjacent to an activating group) is 1. The van der Waals surface area contributed by atoms with Crippen LogP contribution in [-0.4, -0.2) is 23.9 Å². The Kier molecular flexibility index (Phi) is 4.31. The molecule has 1 aromatic rings. The van der Waals surface area contributed by atoms with Crippen molar-refractivity contribution >= 4 is 11.6 Å². The lowest BCUT2D eigenvalue weighted by Crippen LogP contribution is -2.35. The van der Waals surface area contributed by atoms with Crippen LogP contribution in [0.15, 0.2) is 24.3 Å². The lowest BCUT2D eigenvalue weighted by molar-refractivity contribution is -0.119. The first-order valence-corrected chi connectivity index (χ1v) is 5.42. The minimum Gasteiger partial charge on any atom is -0.399 e. The van der Waals surface area contributed by atoms with Gasteiger partial charge in [0.15, 0.2) is 0 Å². The molecule has 0 radical (unpaired) electrons. The molecular weight excluding hydrogens is 202 g/mol. The van der Waals surface area contributed by atoms with Gasteiger partial charge in [0.05, 0.1) is 6.54 Å². The van der Waals surface area contributed by atoms with Gasteiger partial charge in [-0.05, 0) is 31.2 Å². The second kappa shape index (κ2) is 5.51. The molecule has 4 N–H and O–H groups in total. The smallest absolute Gasteiger partial charge is 0.231 e. The zero-order chi connectivity index (χ0) is 12.1. The molecule has 0 aliphatic rings. The summed E-state index contributed by atoms with van der Waals surface area (Å²) in [4.78, 5) is 12.9. The van der Waals surface area contributed by atoms with Gasteiger partial charge in [0.1, 0.15) is 0 Å². The monoisotopic (exact) mass is 221 g/mol. The summed E-state index contributed by atoms with van der Waals surface area (Å²) in [5.74, 6) is -0.308.